The SMILES string of the molecule is COc1ncnc(C2CC2)c1-c1nccc(O[C@H](c2ccc(-c3nc(C(F)(F)F)cn3C)cc2)C(F)F)n1. The minimum Gasteiger partial charge on any atom is -0.480 e. The number of aryl methyl sites for hydroxylation is 1. The first-order valence-electron chi connectivity index (χ1n) is 11.5. The summed E-state index contributed by atoms with van der Waals surface area (Å²) in [6.07, 6.45) is -3.70. The van der Waals surface area contributed by atoms with Crippen molar-refractivity contribution in [1.82, 2.24) is 29.5 Å². The van der Waals surface area contributed by atoms with E-state index in [0.717, 1.165) is 24.7 Å². The Morgan fingerprint density at radius 3 is 2.34 bits per heavy atom. The molecule has 198 valence electrons. The fourth-order valence-corrected chi connectivity index (χ4v) is 4.03. The Morgan fingerprint density at radius 1 is 1.00 bits per heavy atom. The smallest absolute Gasteiger partial charge is 0.434 e. The molecule has 0 aliphatic heterocycles. The fourth-order valence-electron chi connectivity index (χ4n) is 4.03. The quantitative estimate of drug-likeness (QED) is 0.272. The molecule has 3 heterocycles. The molecule has 3 aromatic heterocycles. The molecule has 38 heavy (non-hydrogen) atoms. The second-order valence-corrected chi connectivity index (χ2v) is 8.69. The number of rotatable bonds is 8. The van der Waals surface area contributed by atoms with Crippen LogP contribution in [0.15, 0.2) is 49.1 Å². The van der Waals surface area contributed by atoms with Gasteiger partial charge in [0.1, 0.15) is 17.7 Å². The largest absolute Gasteiger partial charge is 0.480 e. The van der Waals surface area contributed by atoms with E-state index < -0.39 is 24.4 Å². The van der Waals surface area contributed by atoms with E-state index in [1.807, 2.05) is 0 Å². The highest BCUT2D eigenvalue weighted by molar-refractivity contribution is 5.66. The van der Waals surface area contributed by atoms with E-state index in [-0.39, 0.29) is 34.9 Å². The Kier molecular flexibility index (Phi) is 6.67. The van der Waals surface area contributed by atoms with Crippen LogP contribution in [-0.4, -0.2) is 43.0 Å². The second-order valence-electron chi connectivity index (χ2n) is 8.69. The van der Waals surface area contributed by atoms with Gasteiger partial charge < -0.3 is 14.0 Å². The molecule has 0 amide bonds. The van der Waals surface area contributed by atoms with Gasteiger partial charge in [0.05, 0.1) is 12.8 Å². The molecule has 4 aromatic rings. The summed E-state index contributed by atoms with van der Waals surface area (Å²) in [5.41, 5.74) is 0.589. The molecule has 1 fully saturated rings. The van der Waals surface area contributed by atoms with Crippen LogP contribution in [0.25, 0.3) is 22.8 Å². The monoisotopic (exact) mass is 532 g/mol. The minimum atomic E-state index is -4.60. The number of alkyl halides is 5. The van der Waals surface area contributed by atoms with Gasteiger partial charge in [-0.05, 0) is 18.4 Å². The number of methoxy groups -OCH3 is 1. The highest BCUT2D eigenvalue weighted by atomic mass is 19.4. The number of ether oxygens (including phenoxy) is 2. The molecule has 0 saturated heterocycles. The minimum absolute atomic E-state index is 0.0457. The van der Waals surface area contributed by atoms with Crippen molar-refractivity contribution >= 4 is 0 Å². The van der Waals surface area contributed by atoms with Gasteiger partial charge in [-0.25, -0.2) is 28.7 Å². The number of nitrogens with zero attached hydrogens (tertiary/aromatic N) is 6. The van der Waals surface area contributed by atoms with Crippen LogP contribution < -0.4 is 9.47 Å². The van der Waals surface area contributed by atoms with Gasteiger partial charge >= 0.3 is 6.18 Å². The predicted octanol–water partition coefficient (Wildman–Crippen LogP) is 5.62. The van der Waals surface area contributed by atoms with Gasteiger partial charge in [0.25, 0.3) is 6.43 Å². The number of aromatic nitrogens is 6. The van der Waals surface area contributed by atoms with Crippen LogP contribution in [0.4, 0.5) is 22.0 Å². The molecule has 1 saturated carbocycles. The molecule has 0 spiro atoms. The van der Waals surface area contributed by atoms with Gasteiger partial charge in [-0.15, -0.1) is 0 Å². The Hall–Kier alpha value is -4.16. The van der Waals surface area contributed by atoms with Crippen molar-refractivity contribution in [1.29, 1.82) is 0 Å². The first kappa shape index (κ1) is 25.5. The molecule has 1 atom stereocenters. The van der Waals surface area contributed by atoms with E-state index >= 15 is 0 Å². The Balaban J connectivity index is 1.42. The summed E-state index contributed by atoms with van der Waals surface area (Å²) >= 11 is 0. The van der Waals surface area contributed by atoms with Gasteiger partial charge in [0, 0.05) is 37.0 Å². The third-order valence-corrected chi connectivity index (χ3v) is 5.99. The van der Waals surface area contributed by atoms with Gasteiger partial charge in [-0.3, -0.25) is 0 Å². The zero-order valence-corrected chi connectivity index (χ0v) is 20.2. The summed E-state index contributed by atoms with van der Waals surface area (Å²) in [5.74, 6) is 0.608. The lowest BCUT2D eigenvalue weighted by molar-refractivity contribution is -0.140. The molecule has 8 nitrogen and oxygen atoms in total. The summed E-state index contributed by atoms with van der Waals surface area (Å²) in [4.78, 5) is 20.7. The topological polar surface area (TPSA) is 87.8 Å². The van der Waals surface area contributed by atoms with Crippen LogP contribution in [0.5, 0.6) is 11.8 Å². The predicted molar refractivity (Wildman–Crippen MR) is 125 cm³/mol. The van der Waals surface area contributed by atoms with Gasteiger partial charge in [-0.2, -0.15) is 18.2 Å². The van der Waals surface area contributed by atoms with E-state index in [2.05, 4.69) is 24.9 Å². The number of hydrogen-bond donors (Lipinski definition) is 0. The molecule has 0 N–H and O–H groups in total. The summed E-state index contributed by atoms with van der Waals surface area (Å²) in [6.45, 7) is 0. The molecule has 0 unspecified atom stereocenters. The zero-order valence-electron chi connectivity index (χ0n) is 20.2. The summed E-state index contributed by atoms with van der Waals surface area (Å²) in [6, 6.07) is 6.89. The van der Waals surface area contributed by atoms with E-state index in [9.17, 15) is 22.0 Å². The molecule has 1 aromatic carbocycles. The van der Waals surface area contributed by atoms with Gasteiger partial charge in [0.2, 0.25) is 11.8 Å². The molecule has 0 radical (unpaired) electrons. The van der Waals surface area contributed by atoms with Crippen LogP contribution in [0.3, 0.4) is 0 Å². The first-order chi connectivity index (χ1) is 18.2. The highest BCUT2D eigenvalue weighted by Gasteiger charge is 2.35. The molecule has 0 bridgehead atoms. The van der Waals surface area contributed by atoms with Crippen molar-refractivity contribution in [3.8, 4) is 34.5 Å². The van der Waals surface area contributed by atoms with E-state index in [0.29, 0.717) is 11.1 Å². The second kappa shape index (κ2) is 9.95. The number of hydrogen-bond acceptors (Lipinski definition) is 7. The number of halogens is 5. The molecular formula is C25H21F5N6O2. The maximum Gasteiger partial charge on any atom is 0.434 e. The normalized spacial score (nSPS) is 14.5. The summed E-state index contributed by atoms with van der Waals surface area (Å²) in [5, 5.41) is 0. The Morgan fingerprint density at radius 2 is 1.74 bits per heavy atom. The van der Waals surface area contributed by atoms with Crippen LogP contribution >= 0.6 is 0 Å². The van der Waals surface area contributed by atoms with Crippen LogP contribution in [0, 0.1) is 0 Å². The highest BCUT2D eigenvalue weighted by Crippen LogP contribution is 2.45. The lowest BCUT2D eigenvalue weighted by Gasteiger charge is -2.19. The Bertz CT molecular complexity index is 1440. The molecule has 1 aliphatic carbocycles. The maximum atomic E-state index is 14.1. The number of benzene rings is 1. The van der Waals surface area contributed by atoms with Crippen LogP contribution in [-0.2, 0) is 13.2 Å². The van der Waals surface area contributed by atoms with E-state index in [1.54, 1.807) is 0 Å². The summed E-state index contributed by atoms with van der Waals surface area (Å²) < 4.78 is 79.3. The third kappa shape index (κ3) is 5.13. The van der Waals surface area contributed by atoms with Gasteiger partial charge in [-0.1, -0.05) is 24.3 Å². The standard InChI is InChI=1S/C25H21F5N6O2/c1-36-11-16(25(28,29)30)34-23(36)15-7-5-14(6-8-15)20(21(26)27)38-17-9-10-31-22(35-17)18-19(13-3-4-13)32-12-33-24(18)37-2/h5-13,20-21H,3-4H2,1-2H3/t20-/m1/s1. The van der Waals surface area contributed by atoms with Gasteiger partial charge in [0.15, 0.2) is 17.6 Å². The van der Waals surface area contributed by atoms with E-state index in [1.165, 1.54) is 61.6 Å². The lowest BCUT2D eigenvalue weighted by Crippen LogP contribution is -2.17. The zero-order chi connectivity index (χ0) is 27.0. The third-order valence-electron chi connectivity index (χ3n) is 5.99. The van der Waals surface area contributed by atoms with Crippen molar-refractivity contribution in [3.63, 3.8) is 0 Å². The first-order valence-corrected chi connectivity index (χ1v) is 11.5. The fraction of sp³-hybridized carbons (Fsp3) is 0.320. The summed E-state index contributed by atoms with van der Waals surface area (Å²) in [7, 11) is 2.87. The Labute approximate surface area is 213 Å². The van der Waals surface area contributed by atoms with Crippen LogP contribution in [0.2, 0.25) is 0 Å². The molecule has 5 rings (SSSR count). The van der Waals surface area contributed by atoms with Crippen molar-refractivity contribution in [2.45, 2.75) is 37.5 Å². The van der Waals surface area contributed by atoms with Crippen molar-refractivity contribution < 1.29 is 31.4 Å². The molecule has 13 heteroatoms. The van der Waals surface area contributed by atoms with E-state index in [4.69, 9.17) is 9.47 Å². The average Bonchev–Trinajstić information content (AvgIpc) is 3.67. The maximum absolute atomic E-state index is 14.1. The van der Waals surface area contributed by atoms with Crippen molar-refractivity contribution in [2.24, 2.45) is 7.05 Å². The molecule has 1 aliphatic rings. The van der Waals surface area contributed by atoms with Crippen molar-refractivity contribution in [2.75, 3.05) is 7.11 Å². The van der Waals surface area contributed by atoms with Crippen LogP contribution in [0.1, 0.15) is 41.8 Å². The average molecular weight is 532 g/mol. The lowest BCUT2D eigenvalue weighted by atomic mass is 10.1. The molecular weight excluding hydrogens is 511 g/mol. The van der Waals surface area contributed by atoms with Crippen molar-refractivity contribution in [3.05, 3.63) is 66.0 Å². The number of imidazole rings is 1.